The van der Waals surface area contributed by atoms with Crippen LogP contribution in [0.1, 0.15) is 11.1 Å². The van der Waals surface area contributed by atoms with E-state index >= 15 is 0 Å². The molecular weight excluding hydrogens is 414 g/mol. The van der Waals surface area contributed by atoms with Crippen LogP contribution in [0.15, 0.2) is 53.0 Å². The zero-order valence-corrected chi connectivity index (χ0v) is 16.2. The van der Waals surface area contributed by atoms with Gasteiger partial charge in [-0.15, -0.1) is 0 Å². The number of rotatable bonds is 5. The number of piperazine rings is 1. The molecule has 0 spiro atoms. The molecule has 2 atom stereocenters. The van der Waals surface area contributed by atoms with Gasteiger partial charge in [0.15, 0.2) is 0 Å². The summed E-state index contributed by atoms with van der Waals surface area (Å²) in [6.07, 6.45) is 0.460. The molecule has 1 N–H and O–H groups in total. The summed E-state index contributed by atoms with van der Waals surface area (Å²) in [5, 5.41) is 14.0. The van der Waals surface area contributed by atoms with Crippen LogP contribution in [0, 0.1) is 10.1 Å². The Morgan fingerprint density at radius 1 is 1.07 bits per heavy atom. The molecule has 0 saturated carbocycles. The number of nitrogens with one attached hydrogen (secondary N) is 1. The van der Waals surface area contributed by atoms with Crippen LogP contribution in [-0.2, 0) is 22.4 Å². The second kappa shape index (κ2) is 7.87. The van der Waals surface area contributed by atoms with Gasteiger partial charge in [0, 0.05) is 36.0 Å². The summed E-state index contributed by atoms with van der Waals surface area (Å²) < 4.78 is 0.872. The number of hydrogen-bond acceptors (Lipinski definition) is 4. The number of carbonyl (C=O) groups is 2. The van der Waals surface area contributed by atoms with Crippen molar-refractivity contribution in [1.82, 2.24) is 10.2 Å². The lowest BCUT2D eigenvalue weighted by Crippen LogP contribution is -2.63. The minimum Gasteiger partial charge on any atom is -0.342 e. The fourth-order valence-electron chi connectivity index (χ4n) is 3.23. The van der Waals surface area contributed by atoms with Crippen LogP contribution in [0.3, 0.4) is 0 Å². The fraction of sp³-hybridized carbons (Fsp3) is 0.263. The van der Waals surface area contributed by atoms with Crippen molar-refractivity contribution < 1.29 is 14.5 Å². The number of nitro benzene ring substituents is 1. The second-order valence-electron chi connectivity index (χ2n) is 6.41. The van der Waals surface area contributed by atoms with E-state index in [1.54, 1.807) is 25.2 Å². The van der Waals surface area contributed by atoms with E-state index in [1.165, 1.54) is 11.0 Å². The summed E-state index contributed by atoms with van der Waals surface area (Å²) in [6, 6.07) is 12.3. The molecule has 0 radical (unpaired) electrons. The molecule has 1 unspecified atom stereocenters. The van der Waals surface area contributed by atoms with Crippen molar-refractivity contribution in [2.75, 3.05) is 7.05 Å². The highest BCUT2D eigenvalue weighted by molar-refractivity contribution is 9.10. The molecule has 0 bridgehead atoms. The predicted octanol–water partition coefficient (Wildman–Crippen LogP) is 2.47. The lowest BCUT2D eigenvalue weighted by Gasteiger charge is -2.36. The van der Waals surface area contributed by atoms with Crippen LogP contribution in [0.4, 0.5) is 5.69 Å². The molecule has 1 aliphatic rings. The number of carbonyl (C=O) groups excluding carboxylic acids is 2. The van der Waals surface area contributed by atoms with Crippen LogP contribution >= 0.6 is 15.9 Å². The summed E-state index contributed by atoms with van der Waals surface area (Å²) in [5.41, 5.74) is 1.29. The van der Waals surface area contributed by atoms with E-state index in [-0.39, 0.29) is 23.9 Å². The van der Waals surface area contributed by atoms with Crippen LogP contribution < -0.4 is 5.32 Å². The second-order valence-corrected chi connectivity index (χ2v) is 7.27. The minimum absolute atomic E-state index is 0.0542. The van der Waals surface area contributed by atoms with Gasteiger partial charge in [-0.25, -0.2) is 0 Å². The molecule has 2 aromatic carbocycles. The van der Waals surface area contributed by atoms with Gasteiger partial charge in [0.25, 0.3) is 5.69 Å². The Labute approximate surface area is 164 Å². The van der Waals surface area contributed by atoms with Crippen molar-refractivity contribution in [2.24, 2.45) is 0 Å². The van der Waals surface area contributed by atoms with Crippen molar-refractivity contribution >= 4 is 33.4 Å². The summed E-state index contributed by atoms with van der Waals surface area (Å²) in [5.74, 6) is -0.527. The van der Waals surface area contributed by atoms with Gasteiger partial charge in [-0.3, -0.25) is 19.7 Å². The SMILES string of the molecule is CN1C(=O)[C@H](Cc2ccccc2Br)NC(=O)C1Cc1ccccc1[N+](=O)[O-]. The quantitative estimate of drug-likeness (QED) is 0.581. The van der Waals surface area contributed by atoms with Crippen LogP contribution in [0.25, 0.3) is 0 Å². The van der Waals surface area contributed by atoms with Gasteiger partial charge >= 0.3 is 0 Å². The molecular formula is C19H18BrN3O4. The first-order valence-corrected chi connectivity index (χ1v) is 9.20. The standard InChI is InChI=1S/C19H18BrN3O4/c1-22-17(11-13-7-3-5-9-16(13)23(26)27)18(24)21-15(19(22)25)10-12-6-2-4-8-14(12)20/h2-9,15,17H,10-11H2,1H3,(H,21,24)/t15-,17?/m0/s1. The Morgan fingerprint density at radius 3 is 2.37 bits per heavy atom. The Balaban J connectivity index is 1.78. The molecule has 1 heterocycles. The van der Waals surface area contributed by atoms with E-state index < -0.39 is 17.0 Å². The number of nitro groups is 1. The Hall–Kier alpha value is -2.74. The van der Waals surface area contributed by atoms with Gasteiger partial charge in [-0.05, 0) is 11.6 Å². The smallest absolute Gasteiger partial charge is 0.272 e. The topological polar surface area (TPSA) is 92.6 Å². The highest BCUT2D eigenvalue weighted by Gasteiger charge is 2.39. The average molecular weight is 432 g/mol. The molecule has 8 heteroatoms. The Bertz CT molecular complexity index is 902. The van der Waals surface area contributed by atoms with E-state index in [9.17, 15) is 19.7 Å². The summed E-state index contributed by atoms with van der Waals surface area (Å²) in [7, 11) is 1.56. The molecule has 2 amide bonds. The average Bonchev–Trinajstić information content (AvgIpc) is 2.65. The molecule has 1 fully saturated rings. The minimum atomic E-state index is -0.783. The molecule has 1 aliphatic heterocycles. The number of hydrogen-bond donors (Lipinski definition) is 1. The number of halogens is 1. The molecule has 0 aliphatic carbocycles. The molecule has 7 nitrogen and oxygen atoms in total. The highest BCUT2D eigenvalue weighted by atomic mass is 79.9. The van der Waals surface area contributed by atoms with Crippen molar-refractivity contribution in [3.63, 3.8) is 0 Å². The largest absolute Gasteiger partial charge is 0.342 e. The normalized spacial score (nSPS) is 19.7. The van der Waals surface area contributed by atoms with Gasteiger partial charge in [0.05, 0.1) is 4.92 Å². The number of amides is 2. The summed E-state index contributed by atoms with van der Waals surface area (Å²) in [4.78, 5) is 37.5. The molecule has 27 heavy (non-hydrogen) atoms. The first kappa shape index (κ1) is 19.0. The van der Waals surface area contributed by atoms with Crippen LogP contribution in [0.2, 0.25) is 0 Å². The maximum Gasteiger partial charge on any atom is 0.272 e. The highest BCUT2D eigenvalue weighted by Crippen LogP contribution is 2.24. The number of nitrogens with zero attached hydrogens (tertiary/aromatic N) is 2. The third-order valence-electron chi connectivity index (χ3n) is 4.72. The Kier molecular flexibility index (Phi) is 5.55. The lowest BCUT2D eigenvalue weighted by molar-refractivity contribution is -0.385. The van der Waals surface area contributed by atoms with Crippen molar-refractivity contribution in [3.05, 3.63) is 74.2 Å². The first-order chi connectivity index (χ1) is 12.9. The van der Waals surface area contributed by atoms with Crippen molar-refractivity contribution in [1.29, 1.82) is 0 Å². The van der Waals surface area contributed by atoms with Gasteiger partial charge in [0.2, 0.25) is 11.8 Å². The molecule has 3 rings (SSSR count). The molecule has 140 valence electrons. The third kappa shape index (κ3) is 4.00. The lowest BCUT2D eigenvalue weighted by atomic mass is 9.96. The maximum atomic E-state index is 12.8. The fourth-order valence-corrected chi connectivity index (χ4v) is 3.67. The van der Waals surface area contributed by atoms with Gasteiger partial charge < -0.3 is 10.2 Å². The summed E-state index contributed by atoms with van der Waals surface area (Å²) in [6.45, 7) is 0. The van der Waals surface area contributed by atoms with Gasteiger partial charge in [-0.1, -0.05) is 52.3 Å². The molecule has 1 saturated heterocycles. The van der Waals surface area contributed by atoms with Gasteiger partial charge in [-0.2, -0.15) is 0 Å². The molecule has 0 aromatic heterocycles. The van der Waals surface area contributed by atoms with Crippen molar-refractivity contribution in [3.8, 4) is 0 Å². The van der Waals surface area contributed by atoms with Crippen molar-refractivity contribution in [2.45, 2.75) is 24.9 Å². The monoisotopic (exact) mass is 431 g/mol. The number of likely N-dealkylation sites (N-methyl/N-ethyl adjacent to an activating group) is 1. The zero-order valence-electron chi connectivity index (χ0n) is 14.6. The first-order valence-electron chi connectivity index (χ1n) is 8.41. The number of para-hydroxylation sites is 1. The van der Waals surface area contributed by atoms with E-state index in [4.69, 9.17) is 0 Å². The van der Waals surface area contributed by atoms with Gasteiger partial charge in [0.1, 0.15) is 12.1 Å². The van der Waals surface area contributed by atoms with E-state index in [0.29, 0.717) is 12.0 Å². The molecule has 2 aromatic rings. The number of benzene rings is 2. The van der Waals surface area contributed by atoms with Crippen LogP contribution in [0.5, 0.6) is 0 Å². The zero-order chi connectivity index (χ0) is 19.6. The van der Waals surface area contributed by atoms with E-state index in [2.05, 4.69) is 21.2 Å². The third-order valence-corrected chi connectivity index (χ3v) is 5.49. The predicted molar refractivity (Wildman–Crippen MR) is 103 cm³/mol. The van der Waals surface area contributed by atoms with E-state index in [1.807, 2.05) is 24.3 Å². The Morgan fingerprint density at radius 2 is 1.70 bits per heavy atom. The maximum absolute atomic E-state index is 12.8. The van der Waals surface area contributed by atoms with E-state index in [0.717, 1.165) is 10.0 Å². The summed E-state index contributed by atoms with van der Waals surface area (Å²) >= 11 is 3.45. The van der Waals surface area contributed by atoms with Crippen LogP contribution in [-0.4, -0.2) is 40.8 Å².